The number of aromatic nitrogens is 2. The molecule has 1 fully saturated rings. The summed E-state index contributed by atoms with van der Waals surface area (Å²) >= 11 is 5.85. The van der Waals surface area contributed by atoms with Gasteiger partial charge in [0.25, 0.3) is 21.8 Å². The lowest BCUT2D eigenvalue weighted by molar-refractivity contribution is 0.0532. The average molecular weight is 550 g/mol. The lowest BCUT2D eigenvalue weighted by Gasteiger charge is -2.34. The maximum Gasteiger partial charge on any atom is 0.272 e. The number of aryl methyl sites for hydroxylation is 1. The van der Waals surface area contributed by atoms with Gasteiger partial charge in [0.05, 0.1) is 16.2 Å². The minimum atomic E-state index is -3.91. The van der Waals surface area contributed by atoms with Crippen molar-refractivity contribution in [1.82, 2.24) is 19.8 Å². The van der Waals surface area contributed by atoms with Crippen LogP contribution in [0.3, 0.4) is 0 Å². The summed E-state index contributed by atoms with van der Waals surface area (Å²) in [7, 11) is -3.91. The van der Waals surface area contributed by atoms with Gasteiger partial charge < -0.3 is 9.80 Å². The quantitative estimate of drug-likeness (QED) is 0.403. The standard InChI is InChI=1S/C27H24ClN5O4S/c1-18-16-20(26(34)32-12-14-33(15-13-32)27(35)23-10-8-21(28)17-30-23)7-9-22(18)31-38(36,37)24-6-2-4-19-5-3-11-29-25(19)24/h2-11,16-17,31H,12-15H2,1H3. The Bertz CT molecular complexity index is 1630. The number of para-hydroxylation sites is 1. The smallest absolute Gasteiger partial charge is 0.272 e. The van der Waals surface area contributed by atoms with E-state index in [4.69, 9.17) is 11.6 Å². The molecule has 11 heteroatoms. The van der Waals surface area contributed by atoms with E-state index < -0.39 is 10.0 Å². The van der Waals surface area contributed by atoms with Crippen molar-refractivity contribution in [2.75, 3.05) is 30.9 Å². The molecule has 4 aromatic rings. The number of amides is 2. The minimum absolute atomic E-state index is 0.0800. The lowest BCUT2D eigenvalue weighted by atomic mass is 10.1. The Balaban J connectivity index is 1.26. The molecule has 0 spiro atoms. The predicted molar refractivity (Wildman–Crippen MR) is 145 cm³/mol. The zero-order valence-electron chi connectivity index (χ0n) is 20.5. The largest absolute Gasteiger partial charge is 0.335 e. The molecule has 0 unspecified atom stereocenters. The topological polar surface area (TPSA) is 113 Å². The molecule has 3 heterocycles. The van der Waals surface area contributed by atoms with Gasteiger partial charge in [-0.3, -0.25) is 19.3 Å². The van der Waals surface area contributed by atoms with Crippen LogP contribution >= 0.6 is 11.6 Å². The Morgan fingerprint density at radius 3 is 2.29 bits per heavy atom. The fourth-order valence-corrected chi connectivity index (χ4v) is 5.79. The van der Waals surface area contributed by atoms with Gasteiger partial charge in [-0.1, -0.05) is 29.8 Å². The van der Waals surface area contributed by atoms with Crippen molar-refractivity contribution < 1.29 is 18.0 Å². The maximum atomic E-state index is 13.2. The second-order valence-corrected chi connectivity index (χ2v) is 11.0. The fraction of sp³-hybridized carbons (Fsp3) is 0.185. The molecule has 194 valence electrons. The number of hydrogen-bond acceptors (Lipinski definition) is 6. The number of carbonyl (C=O) groups excluding carboxylic acids is 2. The van der Waals surface area contributed by atoms with Crippen molar-refractivity contribution in [2.24, 2.45) is 0 Å². The number of pyridine rings is 2. The van der Waals surface area contributed by atoms with Crippen LogP contribution in [0, 0.1) is 6.92 Å². The summed E-state index contributed by atoms with van der Waals surface area (Å²) in [4.78, 5) is 37.6. The monoisotopic (exact) mass is 549 g/mol. The van der Waals surface area contributed by atoms with E-state index in [1.165, 1.54) is 12.3 Å². The Hall–Kier alpha value is -4.02. The normalized spacial score (nSPS) is 13.9. The molecule has 0 bridgehead atoms. The van der Waals surface area contributed by atoms with Gasteiger partial charge in [-0.25, -0.2) is 13.4 Å². The second-order valence-electron chi connectivity index (χ2n) is 8.91. The molecule has 38 heavy (non-hydrogen) atoms. The molecule has 0 atom stereocenters. The molecule has 0 aliphatic carbocycles. The van der Waals surface area contributed by atoms with E-state index in [-0.39, 0.29) is 16.7 Å². The summed E-state index contributed by atoms with van der Waals surface area (Å²) in [6.45, 7) is 3.25. The fourth-order valence-electron chi connectivity index (χ4n) is 4.36. The molecule has 2 amide bonds. The summed E-state index contributed by atoms with van der Waals surface area (Å²) in [5.74, 6) is -0.389. The van der Waals surface area contributed by atoms with Crippen molar-refractivity contribution in [3.63, 3.8) is 0 Å². The molecular weight excluding hydrogens is 526 g/mol. The molecule has 1 saturated heterocycles. The first kappa shape index (κ1) is 25.6. The van der Waals surface area contributed by atoms with E-state index >= 15 is 0 Å². The van der Waals surface area contributed by atoms with Crippen LogP contribution in [0.4, 0.5) is 5.69 Å². The highest BCUT2D eigenvalue weighted by molar-refractivity contribution is 7.93. The van der Waals surface area contributed by atoms with Crippen LogP contribution in [0.5, 0.6) is 0 Å². The number of fused-ring (bicyclic) bond motifs is 1. The number of benzene rings is 2. The molecule has 0 radical (unpaired) electrons. The van der Waals surface area contributed by atoms with E-state index in [2.05, 4.69) is 14.7 Å². The van der Waals surface area contributed by atoms with E-state index in [1.807, 2.05) is 0 Å². The number of nitrogens with zero attached hydrogens (tertiary/aromatic N) is 4. The lowest BCUT2D eigenvalue weighted by Crippen LogP contribution is -2.50. The number of anilines is 1. The molecule has 1 aliphatic heterocycles. The van der Waals surface area contributed by atoms with E-state index in [0.29, 0.717) is 59.2 Å². The zero-order chi connectivity index (χ0) is 26.9. The molecule has 2 aromatic heterocycles. The van der Waals surface area contributed by atoms with Crippen LogP contribution in [-0.2, 0) is 10.0 Å². The third-order valence-electron chi connectivity index (χ3n) is 6.40. The maximum absolute atomic E-state index is 13.2. The first-order valence-corrected chi connectivity index (χ1v) is 13.8. The van der Waals surface area contributed by atoms with Crippen molar-refractivity contribution in [3.05, 3.63) is 94.9 Å². The first-order chi connectivity index (χ1) is 18.2. The molecule has 0 saturated carbocycles. The van der Waals surface area contributed by atoms with Crippen LogP contribution in [0.1, 0.15) is 26.4 Å². The van der Waals surface area contributed by atoms with Gasteiger partial charge in [0, 0.05) is 49.5 Å². The summed E-state index contributed by atoms with van der Waals surface area (Å²) < 4.78 is 29.0. The van der Waals surface area contributed by atoms with Gasteiger partial charge in [0.1, 0.15) is 10.6 Å². The Morgan fingerprint density at radius 2 is 1.61 bits per heavy atom. The molecular formula is C27H24ClN5O4S. The highest BCUT2D eigenvalue weighted by atomic mass is 35.5. The van der Waals surface area contributed by atoms with Crippen LogP contribution in [0.15, 0.2) is 78.0 Å². The Morgan fingerprint density at radius 1 is 0.895 bits per heavy atom. The van der Waals surface area contributed by atoms with Gasteiger partial charge in [0.15, 0.2) is 0 Å². The molecule has 1 N–H and O–H groups in total. The van der Waals surface area contributed by atoms with Crippen molar-refractivity contribution in [2.45, 2.75) is 11.8 Å². The second kappa shape index (κ2) is 10.4. The van der Waals surface area contributed by atoms with E-state index in [9.17, 15) is 18.0 Å². The van der Waals surface area contributed by atoms with Crippen molar-refractivity contribution >= 4 is 50.0 Å². The highest BCUT2D eigenvalue weighted by Crippen LogP contribution is 2.26. The molecule has 2 aromatic carbocycles. The van der Waals surface area contributed by atoms with E-state index in [1.54, 1.807) is 77.5 Å². The summed E-state index contributed by atoms with van der Waals surface area (Å²) in [5.41, 5.74) is 2.12. The Kier molecular flexibility index (Phi) is 7.00. The molecule has 5 rings (SSSR count). The summed E-state index contributed by atoms with van der Waals surface area (Å²) in [5, 5.41) is 1.18. The van der Waals surface area contributed by atoms with Crippen molar-refractivity contribution in [1.29, 1.82) is 0 Å². The highest BCUT2D eigenvalue weighted by Gasteiger charge is 2.27. The van der Waals surface area contributed by atoms with Gasteiger partial charge in [-0.15, -0.1) is 0 Å². The average Bonchev–Trinajstić information content (AvgIpc) is 2.93. The third-order valence-corrected chi connectivity index (χ3v) is 8.02. The van der Waals surface area contributed by atoms with Gasteiger partial charge in [-0.05, 0) is 55.0 Å². The molecule has 9 nitrogen and oxygen atoms in total. The van der Waals surface area contributed by atoms with Gasteiger partial charge >= 0.3 is 0 Å². The number of halogens is 1. The van der Waals surface area contributed by atoms with Gasteiger partial charge in [0.2, 0.25) is 0 Å². The van der Waals surface area contributed by atoms with E-state index in [0.717, 1.165) is 5.39 Å². The minimum Gasteiger partial charge on any atom is -0.335 e. The number of rotatable bonds is 5. The number of carbonyl (C=O) groups is 2. The van der Waals surface area contributed by atoms with Gasteiger partial charge in [-0.2, -0.15) is 0 Å². The SMILES string of the molecule is Cc1cc(C(=O)N2CCN(C(=O)c3ccc(Cl)cn3)CC2)ccc1NS(=O)(=O)c1cccc2cccnc12. The van der Waals surface area contributed by atoms with Crippen LogP contribution in [0.2, 0.25) is 5.02 Å². The summed E-state index contributed by atoms with van der Waals surface area (Å²) in [6, 6.07) is 16.6. The van der Waals surface area contributed by atoms with Crippen LogP contribution < -0.4 is 4.72 Å². The Labute approximate surface area is 225 Å². The third kappa shape index (κ3) is 5.18. The predicted octanol–water partition coefficient (Wildman–Crippen LogP) is 3.99. The molecule has 1 aliphatic rings. The van der Waals surface area contributed by atoms with Crippen molar-refractivity contribution in [3.8, 4) is 0 Å². The first-order valence-electron chi connectivity index (χ1n) is 11.9. The summed E-state index contributed by atoms with van der Waals surface area (Å²) in [6.07, 6.45) is 2.98. The number of sulfonamides is 1. The van der Waals surface area contributed by atoms with Crippen LogP contribution in [-0.4, -0.2) is 66.2 Å². The number of nitrogens with one attached hydrogen (secondary N) is 1. The zero-order valence-corrected chi connectivity index (χ0v) is 22.0. The number of hydrogen-bond donors (Lipinski definition) is 1. The van der Waals surface area contributed by atoms with Crippen LogP contribution in [0.25, 0.3) is 10.9 Å². The number of piperazine rings is 1.